The van der Waals surface area contributed by atoms with Crippen molar-refractivity contribution >= 4 is 11.7 Å². The van der Waals surface area contributed by atoms with E-state index in [0.717, 1.165) is 11.3 Å². The van der Waals surface area contributed by atoms with Gasteiger partial charge in [-0.15, -0.1) is 0 Å². The number of aryl methyl sites for hydroxylation is 1. The number of aromatic carboxylic acids is 1. The Balaban J connectivity index is 2.20. The molecule has 0 bridgehead atoms. The second-order valence-electron chi connectivity index (χ2n) is 4.68. The van der Waals surface area contributed by atoms with Crippen molar-refractivity contribution in [3.8, 4) is 11.5 Å². The first-order valence-corrected chi connectivity index (χ1v) is 6.45. The molecule has 0 unspecified atom stereocenters. The summed E-state index contributed by atoms with van der Waals surface area (Å²) in [6.45, 7) is 2.26. The zero-order valence-electron chi connectivity index (χ0n) is 11.9. The van der Waals surface area contributed by atoms with Crippen molar-refractivity contribution in [2.45, 2.75) is 13.5 Å². The van der Waals surface area contributed by atoms with E-state index in [1.807, 2.05) is 6.92 Å². The summed E-state index contributed by atoms with van der Waals surface area (Å²) in [6, 6.07) is 9.86. The number of hydrogen-bond donors (Lipinski definition) is 3. The van der Waals surface area contributed by atoms with Crippen LogP contribution in [0.15, 0.2) is 36.4 Å². The Hall–Kier alpha value is -2.69. The number of ether oxygens (including phenoxy) is 1. The van der Waals surface area contributed by atoms with Crippen LogP contribution in [0.25, 0.3) is 0 Å². The Morgan fingerprint density at radius 2 is 2.00 bits per heavy atom. The fraction of sp³-hybridized carbons (Fsp3) is 0.188. The predicted molar refractivity (Wildman–Crippen MR) is 80.1 cm³/mol. The van der Waals surface area contributed by atoms with Gasteiger partial charge in [-0.25, -0.2) is 4.79 Å². The van der Waals surface area contributed by atoms with Gasteiger partial charge >= 0.3 is 5.97 Å². The largest absolute Gasteiger partial charge is 0.508 e. The number of carbonyl (C=O) groups is 1. The molecule has 0 fully saturated rings. The highest BCUT2D eigenvalue weighted by molar-refractivity contribution is 5.89. The highest BCUT2D eigenvalue weighted by Crippen LogP contribution is 2.25. The molecule has 0 heterocycles. The Morgan fingerprint density at radius 3 is 2.67 bits per heavy atom. The smallest absolute Gasteiger partial charge is 0.335 e. The number of carboxylic acid groups (broad SMARTS) is 1. The number of phenolic OH excluding ortho intramolecular Hbond substituents is 1. The third-order valence-electron chi connectivity index (χ3n) is 3.24. The first-order valence-electron chi connectivity index (χ1n) is 6.45. The summed E-state index contributed by atoms with van der Waals surface area (Å²) in [7, 11) is 1.56. The molecular formula is C16H17NO4. The van der Waals surface area contributed by atoms with Gasteiger partial charge in [0.05, 0.1) is 12.7 Å². The molecule has 0 spiro atoms. The quantitative estimate of drug-likeness (QED) is 0.787. The molecule has 2 aromatic rings. The van der Waals surface area contributed by atoms with Gasteiger partial charge in [0.1, 0.15) is 11.5 Å². The highest BCUT2D eigenvalue weighted by Gasteiger charge is 2.08. The Kier molecular flexibility index (Phi) is 4.33. The van der Waals surface area contributed by atoms with Crippen LogP contribution in [0.1, 0.15) is 21.5 Å². The number of phenols is 1. The maximum atomic E-state index is 11.0. The number of carboxylic acids is 1. The van der Waals surface area contributed by atoms with Crippen LogP contribution in [0, 0.1) is 6.92 Å². The van der Waals surface area contributed by atoms with E-state index in [0.29, 0.717) is 17.9 Å². The van der Waals surface area contributed by atoms with E-state index in [1.165, 1.54) is 0 Å². The summed E-state index contributed by atoms with van der Waals surface area (Å²) >= 11 is 0. The van der Waals surface area contributed by atoms with Crippen LogP contribution in [0.2, 0.25) is 0 Å². The van der Waals surface area contributed by atoms with Gasteiger partial charge in [-0.3, -0.25) is 0 Å². The molecule has 0 aliphatic rings. The molecule has 2 aromatic carbocycles. The molecule has 0 saturated carbocycles. The van der Waals surface area contributed by atoms with Gasteiger partial charge < -0.3 is 20.3 Å². The van der Waals surface area contributed by atoms with Gasteiger partial charge in [0.2, 0.25) is 0 Å². The summed E-state index contributed by atoms with van der Waals surface area (Å²) < 4.78 is 5.12. The summed E-state index contributed by atoms with van der Waals surface area (Å²) in [5.74, 6) is -0.154. The van der Waals surface area contributed by atoms with Crippen LogP contribution >= 0.6 is 0 Å². The van der Waals surface area contributed by atoms with Gasteiger partial charge in [-0.05, 0) is 42.8 Å². The van der Waals surface area contributed by atoms with Crippen LogP contribution in [0.3, 0.4) is 0 Å². The lowest BCUT2D eigenvalue weighted by molar-refractivity contribution is 0.0697. The Bertz CT molecular complexity index is 667. The van der Waals surface area contributed by atoms with Gasteiger partial charge in [0.25, 0.3) is 0 Å². The number of anilines is 1. The first kappa shape index (κ1) is 14.7. The molecule has 5 heteroatoms. The maximum Gasteiger partial charge on any atom is 0.335 e. The zero-order chi connectivity index (χ0) is 15.4. The van der Waals surface area contributed by atoms with Crippen molar-refractivity contribution in [3.05, 3.63) is 53.1 Å². The molecule has 0 aliphatic heterocycles. The average molecular weight is 287 g/mol. The molecule has 2 rings (SSSR count). The van der Waals surface area contributed by atoms with Crippen molar-refractivity contribution in [2.75, 3.05) is 12.4 Å². The van der Waals surface area contributed by atoms with Crippen LogP contribution in [0.5, 0.6) is 11.5 Å². The Morgan fingerprint density at radius 1 is 1.24 bits per heavy atom. The fourth-order valence-corrected chi connectivity index (χ4v) is 1.97. The molecule has 0 aliphatic carbocycles. The number of hydrogen-bond acceptors (Lipinski definition) is 4. The molecule has 21 heavy (non-hydrogen) atoms. The standard InChI is InChI=1S/C16H17NO4/c1-10-3-4-11(16(19)20)8-14(10)17-9-12-7-13(21-2)5-6-15(12)18/h3-8,17-18H,9H2,1-2H3,(H,19,20). The third kappa shape index (κ3) is 3.45. The number of rotatable bonds is 5. The molecule has 0 aromatic heterocycles. The van der Waals surface area contributed by atoms with Gasteiger partial charge in [0.15, 0.2) is 0 Å². The van der Waals surface area contributed by atoms with Crippen molar-refractivity contribution in [2.24, 2.45) is 0 Å². The monoisotopic (exact) mass is 287 g/mol. The van der Waals surface area contributed by atoms with Crippen molar-refractivity contribution in [3.63, 3.8) is 0 Å². The predicted octanol–water partition coefficient (Wildman–Crippen LogP) is 3.02. The van der Waals surface area contributed by atoms with Crippen molar-refractivity contribution < 1.29 is 19.7 Å². The fourth-order valence-electron chi connectivity index (χ4n) is 1.97. The number of aromatic hydroxyl groups is 1. The lowest BCUT2D eigenvalue weighted by Gasteiger charge is -2.12. The Labute approximate surface area is 122 Å². The minimum absolute atomic E-state index is 0.162. The lowest BCUT2D eigenvalue weighted by Crippen LogP contribution is -2.04. The van der Waals surface area contributed by atoms with E-state index in [9.17, 15) is 9.90 Å². The third-order valence-corrected chi connectivity index (χ3v) is 3.24. The summed E-state index contributed by atoms with van der Waals surface area (Å²) in [6.07, 6.45) is 0. The first-order chi connectivity index (χ1) is 10.0. The van der Waals surface area contributed by atoms with Crippen molar-refractivity contribution in [1.82, 2.24) is 0 Å². The van der Waals surface area contributed by atoms with Crippen LogP contribution in [-0.2, 0) is 6.54 Å². The van der Waals surface area contributed by atoms with Crippen LogP contribution < -0.4 is 10.1 Å². The SMILES string of the molecule is COc1ccc(O)c(CNc2cc(C(=O)O)ccc2C)c1. The lowest BCUT2D eigenvalue weighted by atomic mass is 10.1. The molecule has 110 valence electrons. The number of nitrogens with one attached hydrogen (secondary N) is 1. The molecule has 0 amide bonds. The van der Waals surface area contributed by atoms with Gasteiger partial charge in [0, 0.05) is 17.8 Å². The van der Waals surface area contributed by atoms with Crippen LogP contribution in [0.4, 0.5) is 5.69 Å². The summed E-state index contributed by atoms with van der Waals surface area (Å²) in [4.78, 5) is 11.0. The molecule has 0 radical (unpaired) electrons. The van der Waals surface area contributed by atoms with E-state index < -0.39 is 5.97 Å². The maximum absolute atomic E-state index is 11.0. The summed E-state index contributed by atoms with van der Waals surface area (Å²) in [5, 5.41) is 22.0. The minimum Gasteiger partial charge on any atom is -0.508 e. The van der Waals surface area contributed by atoms with E-state index in [4.69, 9.17) is 9.84 Å². The van der Waals surface area contributed by atoms with E-state index in [2.05, 4.69) is 5.32 Å². The second-order valence-corrected chi connectivity index (χ2v) is 4.68. The van der Waals surface area contributed by atoms with E-state index in [-0.39, 0.29) is 11.3 Å². The van der Waals surface area contributed by atoms with E-state index in [1.54, 1.807) is 43.5 Å². The minimum atomic E-state index is -0.970. The van der Waals surface area contributed by atoms with Crippen molar-refractivity contribution in [1.29, 1.82) is 0 Å². The second kappa shape index (κ2) is 6.17. The number of methoxy groups -OCH3 is 1. The molecule has 3 N–H and O–H groups in total. The summed E-state index contributed by atoms with van der Waals surface area (Å²) in [5.41, 5.74) is 2.55. The van der Waals surface area contributed by atoms with Gasteiger partial charge in [-0.2, -0.15) is 0 Å². The molecule has 0 atom stereocenters. The molecule has 0 saturated heterocycles. The number of benzene rings is 2. The van der Waals surface area contributed by atoms with E-state index >= 15 is 0 Å². The van der Waals surface area contributed by atoms with Crippen LogP contribution in [-0.4, -0.2) is 23.3 Å². The normalized spacial score (nSPS) is 10.2. The molecule has 5 nitrogen and oxygen atoms in total. The average Bonchev–Trinajstić information content (AvgIpc) is 2.47. The highest BCUT2D eigenvalue weighted by atomic mass is 16.5. The molecular weight excluding hydrogens is 270 g/mol. The van der Waals surface area contributed by atoms with Gasteiger partial charge in [-0.1, -0.05) is 6.07 Å². The topological polar surface area (TPSA) is 78.8 Å². The zero-order valence-corrected chi connectivity index (χ0v) is 11.9.